The Labute approximate surface area is 144 Å². The number of aromatic nitrogens is 1. The highest BCUT2D eigenvalue weighted by Crippen LogP contribution is 2.35. The van der Waals surface area contributed by atoms with Gasteiger partial charge < -0.3 is 5.32 Å². The molecule has 0 radical (unpaired) electrons. The lowest BCUT2D eigenvalue weighted by Gasteiger charge is -2.29. The van der Waals surface area contributed by atoms with Crippen LogP contribution < -0.4 is 15.5 Å². The minimum absolute atomic E-state index is 0.0586. The third kappa shape index (κ3) is 2.75. The first-order valence-electron chi connectivity index (χ1n) is 7.27. The van der Waals surface area contributed by atoms with Crippen LogP contribution in [0.3, 0.4) is 0 Å². The van der Waals surface area contributed by atoms with Crippen LogP contribution in [0.25, 0.3) is 0 Å². The molecule has 2 aromatic rings. The van der Waals surface area contributed by atoms with Crippen molar-refractivity contribution >= 4 is 23.5 Å². The predicted octanol–water partition coefficient (Wildman–Crippen LogP) is 1.83. The summed E-state index contributed by atoms with van der Waals surface area (Å²) in [5.41, 5.74) is -3.83. The van der Waals surface area contributed by atoms with Crippen LogP contribution in [0, 0.1) is 0 Å². The number of hydrogen-bond donors (Lipinski definition) is 2. The smallest absolute Gasteiger partial charge is 0.314 e. The number of pyridine rings is 1. The number of halogens is 3. The second-order valence-corrected chi connectivity index (χ2v) is 5.35. The molecule has 4 amide bonds. The molecule has 0 spiro atoms. The van der Waals surface area contributed by atoms with Crippen molar-refractivity contribution in [1.82, 2.24) is 15.6 Å². The molecule has 134 valence electrons. The third-order valence-corrected chi connectivity index (χ3v) is 3.69. The van der Waals surface area contributed by atoms with Crippen LogP contribution in [0.2, 0.25) is 0 Å². The minimum Gasteiger partial charge on any atom is -0.314 e. The molecule has 1 unspecified atom stereocenters. The fraction of sp³-hybridized carbons (Fsp3) is 0.125. The summed E-state index contributed by atoms with van der Waals surface area (Å²) >= 11 is 0. The molecule has 10 heteroatoms. The van der Waals surface area contributed by atoms with Crippen molar-refractivity contribution in [3.8, 4) is 0 Å². The average Bonchev–Trinajstić information content (AvgIpc) is 2.87. The SMILES string of the molecule is O=C(NC1(C(F)(F)F)NC(=O)N(c2ccccc2)C1=O)c1cccnc1. The molecule has 1 fully saturated rings. The van der Waals surface area contributed by atoms with Crippen LogP contribution in [0.1, 0.15) is 10.4 Å². The van der Waals surface area contributed by atoms with Crippen molar-refractivity contribution in [3.63, 3.8) is 0 Å². The molecule has 0 aliphatic carbocycles. The van der Waals surface area contributed by atoms with E-state index in [0.717, 1.165) is 6.20 Å². The molecule has 7 nitrogen and oxygen atoms in total. The Balaban J connectivity index is 2.00. The molecule has 0 saturated carbocycles. The number of para-hydroxylation sites is 1. The number of anilines is 1. The van der Waals surface area contributed by atoms with Gasteiger partial charge in [0.05, 0.1) is 11.3 Å². The molecule has 2 heterocycles. The highest BCUT2D eigenvalue weighted by atomic mass is 19.4. The van der Waals surface area contributed by atoms with E-state index in [1.54, 1.807) is 16.7 Å². The van der Waals surface area contributed by atoms with E-state index < -0.39 is 29.7 Å². The van der Waals surface area contributed by atoms with E-state index in [0.29, 0.717) is 4.90 Å². The fourth-order valence-corrected chi connectivity index (χ4v) is 2.43. The minimum atomic E-state index is -5.28. The van der Waals surface area contributed by atoms with E-state index in [-0.39, 0.29) is 11.3 Å². The van der Waals surface area contributed by atoms with Crippen LogP contribution in [0.4, 0.5) is 23.7 Å². The van der Waals surface area contributed by atoms with Crippen molar-refractivity contribution in [1.29, 1.82) is 0 Å². The van der Waals surface area contributed by atoms with Gasteiger partial charge in [-0.2, -0.15) is 13.2 Å². The maximum absolute atomic E-state index is 13.7. The second-order valence-electron chi connectivity index (χ2n) is 5.35. The van der Waals surface area contributed by atoms with E-state index in [4.69, 9.17) is 0 Å². The molecule has 1 aromatic heterocycles. The number of imide groups is 1. The molecule has 1 aromatic carbocycles. The Morgan fingerprint density at radius 2 is 1.81 bits per heavy atom. The van der Waals surface area contributed by atoms with Gasteiger partial charge in [0, 0.05) is 12.4 Å². The summed E-state index contributed by atoms with van der Waals surface area (Å²) in [5, 5.41) is 3.17. The van der Waals surface area contributed by atoms with Crippen LogP contribution in [-0.4, -0.2) is 34.7 Å². The first-order valence-corrected chi connectivity index (χ1v) is 7.27. The lowest BCUT2D eigenvalue weighted by molar-refractivity contribution is -0.197. The summed E-state index contributed by atoms with van der Waals surface area (Å²) in [7, 11) is 0. The molecule has 1 aliphatic rings. The number of rotatable bonds is 3. The second kappa shape index (κ2) is 6.14. The van der Waals surface area contributed by atoms with Crippen LogP contribution in [0.5, 0.6) is 0 Å². The Kier molecular flexibility index (Phi) is 4.10. The van der Waals surface area contributed by atoms with Gasteiger partial charge in [-0.05, 0) is 24.3 Å². The molecule has 1 aliphatic heterocycles. The van der Waals surface area contributed by atoms with Gasteiger partial charge in [0.15, 0.2) is 0 Å². The van der Waals surface area contributed by atoms with Crippen molar-refractivity contribution in [2.45, 2.75) is 11.8 Å². The van der Waals surface area contributed by atoms with Gasteiger partial charge in [-0.3, -0.25) is 19.9 Å². The van der Waals surface area contributed by atoms with Crippen LogP contribution in [-0.2, 0) is 4.79 Å². The number of carbonyl (C=O) groups is 3. The number of nitrogens with one attached hydrogen (secondary N) is 2. The van der Waals surface area contributed by atoms with Gasteiger partial charge in [-0.15, -0.1) is 0 Å². The quantitative estimate of drug-likeness (QED) is 0.813. The lowest BCUT2D eigenvalue weighted by atomic mass is 10.1. The average molecular weight is 364 g/mol. The van der Waals surface area contributed by atoms with Gasteiger partial charge in [0.25, 0.3) is 17.5 Å². The summed E-state index contributed by atoms with van der Waals surface area (Å²) in [6.07, 6.45) is -2.91. The highest BCUT2D eigenvalue weighted by molar-refractivity contribution is 6.24. The van der Waals surface area contributed by atoms with Crippen molar-refractivity contribution in [2.75, 3.05) is 4.90 Å². The summed E-state index contributed by atoms with van der Waals surface area (Å²) in [6, 6.07) is 8.35. The number of amides is 4. The number of alkyl halides is 3. The third-order valence-electron chi connectivity index (χ3n) is 3.69. The van der Waals surface area contributed by atoms with Crippen LogP contribution in [0.15, 0.2) is 54.9 Å². The van der Waals surface area contributed by atoms with Crippen LogP contribution >= 0.6 is 0 Å². The first kappa shape index (κ1) is 17.4. The number of carbonyl (C=O) groups excluding carboxylic acids is 3. The molecular weight excluding hydrogens is 353 g/mol. The summed E-state index contributed by atoms with van der Waals surface area (Å²) < 4.78 is 41.1. The number of urea groups is 1. The standard InChI is InChI=1S/C16H11F3N4O3/c17-16(18,19)15(21-12(24)10-5-4-8-20-9-10)13(25)23(14(26)22-15)11-6-2-1-3-7-11/h1-9H,(H,21,24)(H,22,26). The van der Waals surface area contributed by atoms with E-state index in [1.165, 1.54) is 42.6 Å². The summed E-state index contributed by atoms with van der Waals surface area (Å²) in [6.45, 7) is 0. The summed E-state index contributed by atoms with van der Waals surface area (Å²) in [4.78, 5) is 40.8. The Morgan fingerprint density at radius 1 is 1.12 bits per heavy atom. The number of nitrogens with zero attached hydrogens (tertiary/aromatic N) is 2. The molecule has 1 saturated heterocycles. The van der Waals surface area contributed by atoms with Gasteiger partial charge in [-0.25, -0.2) is 9.69 Å². The molecule has 3 rings (SSSR count). The monoisotopic (exact) mass is 364 g/mol. The van der Waals surface area contributed by atoms with E-state index in [9.17, 15) is 27.6 Å². The van der Waals surface area contributed by atoms with Crippen molar-refractivity contribution in [3.05, 3.63) is 60.4 Å². The molecule has 26 heavy (non-hydrogen) atoms. The zero-order chi connectivity index (χ0) is 18.9. The molecular formula is C16H11F3N4O3. The van der Waals surface area contributed by atoms with Crippen molar-refractivity contribution < 1.29 is 27.6 Å². The maximum Gasteiger partial charge on any atom is 0.440 e. The van der Waals surface area contributed by atoms with Gasteiger partial charge in [0.1, 0.15) is 0 Å². The van der Waals surface area contributed by atoms with E-state index >= 15 is 0 Å². The molecule has 2 N–H and O–H groups in total. The van der Waals surface area contributed by atoms with E-state index in [2.05, 4.69) is 4.98 Å². The number of benzene rings is 1. The molecule has 0 bridgehead atoms. The topological polar surface area (TPSA) is 91.4 Å². The first-order chi connectivity index (χ1) is 12.3. The van der Waals surface area contributed by atoms with Crippen molar-refractivity contribution in [2.24, 2.45) is 0 Å². The largest absolute Gasteiger partial charge is 0.440 e. The zero-order valence-electron chi connectivity index (χ0n) is 12.9. The lowest BCUT2D eigenvalue weighted by Crippen LogP contribution is -2.69. The summed E-state index contributed by atoms with van der Waals surface area (Å²) in [5.74, 6) is -2.86. The Hall–Kier alpha value is -3.43. The van der Waals surface area contributed by atoms with Gasteiger partial charge in [0.2, 0.25) is 0 Å². The highest BCUT2D eigenvalue weighted by Gasteiger charge is 2.69. The maximum atomic E-state index is 13.7. The Morgan fingerprint density at radius 3 is 2.38 bits per heavy atom. The molecule has 1 atom stereocenters. The normalized spacial score (nSPS) is 20.0. The zero-order valence-corrected chi connectivity index (χ0v) is 12.9. The predicted molar refractivity (Wildman–Crippen MR) is 82.9 cm³/mol. The Bertz CT molecular complexity index is 858. The van der Waals surface area contributed by atoms with Gasteiger partial charge in [-0.1, -0.05) is 18.2 Å². The number of hydrogen-bond acceptors (Lipinski definition) is 4. The fourth-order valence-electron chi connectivity index (χ4n) is 2.43. The van der Waals surface area contributed by atoms with Gasteiger partial charge >= 0.3 is 12.2 Å². The van der Waals surface area contributed by atoms with E-state index in [1.807, 2.05) is 0 Å².